The molecule has 0 saturated carbocycles. The minimum atomic E-state index is -4.49. The average Bonchev–Trinajstić information content (AvgIpc) is 2.78. The first kappa shape index (κ1) is 25.1. The maximum Gasteiger partial charge on any atom is 0.417 e. The first-order chi connectivity index (χ1) is 16.0. The molecular formula is C23H21F4N3O4. The zero-order valence-corrected chi connectivity index (χ0v) is 18.0. The van der Waals surface area contributed by atoms with E-state index < -0.39 is 34.3 Å². The number of benzene rings is 2. The maximum absolute atomic E-state index is 13.9. The van der Waals surface area contributed by atoms with Gasteiger partial charge in [0.1, 0.15) is 12.7 Å². The highest BCUT2D eigenvalue weighted by molar-refractivity contribution is 5.64. The van der Waals surface area contributed by atoms with E-state index in [1.54, 1.807) is 18.0 Å². The number of alkyl halides is 3. The van der Waals surface area contributed by atoms with Crippen LogP contribution in [-0.2, 0) is 12.7 Å². The van der Waals surface area contributed by atoms with E-state index in [2.05, 4.69) is 4.98 Å². The van der Waals surface area contributed by atoms with E-state index in [1.165, 1.54) is 30.5 Å². The number of nitrogens with zero attached hydrogens (tertiary/aromatic N) is 3. The van der Waals surface area contributed by atoms with Gasteiger partial charge in [-0.1, -0.05) is 24.3 Å². The summed E-state index contributed by atoms with van der Waals surface area (Å²) in [6.45, 7) is 0.245. The molecule has 0 fully saturated rings. The minimum absolute atomic E-state index is 0.0130. The van der Waals surface area contributed by atoms with E-state index in [4.69, 9.17) is 4.74 Å². The molecule has 11 heteroatoms. The Morgan fingerprint density at radius 2 is 1.91 bits per heavy atom. The second kappa shape index (κ2) is 10.6. The Labute approximate surface area is 192 Å². The molecule has 1 atom stereocenters. The van der Waals surface area contributed by atoms with Gasteiger partial charge in [0.2, 0.25) is 0 Å². The summed E-state index contributed by atoms with van der Waals surface area (Å²) < 4.78 is 58.8. The van der Waals surface area contributed by atoms with E-state index in [0.717, 1.165) is 24.3 Å². The third kappa shape index (κ3) is 6.49. The number of hydrogen-bond acceptors (Lipinski definition) is 6. The number of non-ortho nitro benzene ring substituents is 1. The molecule has 0 aliphatic heterocycles. The Kier molecular flexibility index (Phi) is 7.79. The van der Waals surface area contributed by atoms with Crippen molar-refractivity contribution >= 4 is 5.69 Å². The average molecular weight is 479 g/mol. The number of likely N-dealkylation sites (N-methyl/N-ethyl adjacent to an activating group) is 1. The summed E-state index contributed by atoms with van der Waals surface area (Å²) >= 11 is 0. The quantitative estimate of drug-likeness (QED) is 0.272. The minimum Gasteiger partial charge on any atom is -0.488 e. The molecule has 0 spiro atoms. The van der Waals surface area contributed by atoms with Gasteiger partial charge in [-0.05, 0) is 30.8 Å². The van der Waals surface area contributed by atoms with Gasteiger partial charge < -0.3 is 9.84 Å². The van der Waals surface area contributed by atoms with Crippen molar-refractivity contribution < 1.29 is 32.3 Å². The van der Waals surface area contributed by atoms with Crippen molar-refractivity contribution in [3.63, 3.8) is 0 Å². The van der Waals surface area contributed by atoms with E-state index in [0.29, 0.717) is 12.1 Å². The second-order valence-electron chi connectivity index (χ2n) is 7.63. The lowest BCUT2D eigenvalue weighted by molar-refractivity contribution is -0.385. The summed E-state index contributed by atoms with van der Waals surface area (Å²) in [6.07, 6.45) is -4.02. The number of nitro benzene ring substituents is 1. The summed E-state index contributed by atoms with van der Waals surface area (Å²) in [5, 5.41) is 20.8. The van der Waals surface area contributed by atoms with Crippen LogP contribution in [0.15, 0.2) is 60.8 Å². The molecule has 1 unspecified atom stereocenters. The summed E-state index contributed by atoms with van der Waals surface area (Å²) in [5.41, 5.74) is -0.282. The van der Waals surface area contributed by atoms with Crippen molar-refractivity contribution in [1.29, 1.82) is 0 Å². The van der Waals surface area contributed by atoms with Crippen LogP contribution >= 0.6 is 0 Å². The first-order valence-corrected chi connectivity index (χ1v) is 10.1. The SMILES string of the molecule is CN(Cc1ccc(-c2ccccc2C(F)(F)F)nc1)CC(O)COc1ccc([N+](=O)[O-])cc1F. The lowest BCUT2D eigenvalue weighted by Crippen LogP contribution is -2.32. The van der Waals surface area contributed by atoms with Gasteiger partial charge in [0, 0.05) is 30.9 Å². The highest BCUT2D eigenvalue weighted by Gasteiger charge is 2.33. The number of ether oxygens (including phenoxy) is 1. The molecular weight excluding hydrogens is 458 g/mol. The number of hydrogen-bond donors (Lipinski definition) is 1. The Morgan fingerprint density at radius 1 is 1.18 bits per heavy atom. The molecule has 2 aromatic carbocycles. The van der Waals surface area contributed by atoms with Gasteiger partial charge in [0.05, 0.1) is 22.2 Å². The number of aliphatic hydroxyl groups is 1. The second-order valence-corrected chi connectivity index (χ2v) is 7.63. The van der Waals surface area contributed by atoms with Crippen LogP contribution in [0.4, 0.5) is 23.2 Å². The molecule has 1 aromatic heterocycles. The summed E-state index contributed by atoms with van der Waals surface area (Å²) in [7, 11) is 1.71. The Bertz CT molecular complexity index is 1140. The molecule has 0 aliphatic carbocycles. The van der Waals surface area contributed by atoms with Gasteiger partial charge >= 0.3 is 6.18 Å². The molecule has 0 bridgehead atoms. The molecule has 3 aromatic rings. The third-order valence-corrected chi connectivity index (χ3v) is 4.87. The molecule has 0 amide bonds. The van der Waals surface area contributed by atoms with Crippen molar-refractivity contribution in [1.82, 2.24) is 9.88 Å². The van der Waals surface area contributed by atoms with Crippen molar-refractivity contribution in [3.8, 4) is 17.0 Å². The van der Waals surface area contributed by atoms with Gasteiger partial charge in [-0.2, -0.15) is 13.2 Å². The summed E-state index contributed by atoms with van der Waals surface area (Å²) in [5.74, 6) is -1.13. The van der Waals surface area contributed by atoms with Crippen LogP contribution in [0.2, 0.25) is 0 Å². The van der Waals surface area contributed by atoms with Crippen molar-refractivity contribution in [2.24, 2.45) is 0 Å². The number of aromatic nitrogens is 1. The fraction of sp³-hybridized carbons (Fsp3) is 0.261. The van der Waals surface area contributed by atoms with E-state index in [1.807, 2.05) is 0 Å². The summed E-state index contributed by atoms with van der Waals surface area (Å²) in [6, 6.07) is 11.3. The molecule has 0 radical (unpaired) electrons. The normalized spacial score (nSPS) is 12.6. The first-order valence-electron chi connectivity index (χ1n) is 10.1. The molecule has 34 heavy (non-hydrogen) atoms. The monoisotopic (exact) mass is 479 g/mol. The Balaban J connectivity index is 1.55. The summed E-state index contributed by atoms with van der Waals surface area (Å²) in [4.78, 5) is 15.8. The lowest BCUT2D eigenvalue weighted by atomic mass is 10.0. The van der Waals surface area contributed by atoms with Crippen LogP contribution in [0.1, 0.15) is 11.1 Å². The van der Waals surface area contributed by atoms with Crippen LogP contribution in [0.5, 0.6) is 5.75 Å². The zero-order chi connectivity index (χ0) is 24.9. The van der Waals surface area contributed by atoms with Gasteiger partial charge in [-0.3, -0.25) is 20.0 Å². The van der Waals surface area contributed by atoms with Crippen molar-refractivity contribution in [3.05, 3.63) is 87.9 Å². The van der Waals surface area contributed by atoms with Crippen LogP contribution in [0, 0.1) is 15.9 Å². The molecule has 3 rings (SSSR count). The number of rotatable bonds is 9. The van der Waals surface area contributed by atoms with Gasteiger partial charge in [0.25, 0.3) is 5.69 Å². The highest BCUT2D eigenvalue weighted by atomic mass is 19.4. The van der Waals surface area contributed by atoms with Crippen LogP contribution < -0.4 is 4.74 Å². The Hall–Kier alpha value is -3.57. The zero-order valence-electron chi connectivity index (χ0n) is 18.0. The molecule has 1 N–H and O–H groups in total. The number of pyridine rings is 1. The standard InChI is InChI=1S/C23H21F4N3O4/c1-29(13-17(31)14-34-22-9-7-16(30(32)33)10-20(22)24)12-15-6-8-21(28-11-15)18-4-2-3-5-19(18)23(25,26)27/h2-11,17,31H,12-14H2,1H3. The van der Waals surface area contributed by atoms with E-state index in [-0.39, 0.29) is 30.2 Å². The number of nitro groups is 1. The van der Waals surface area contributed by atoms with E-state index >= 15 is 0 Å². The van der Waals surface area contributed by atoms with Crippen molar-refractivity contribution in [2.45, 2.75) is 18.8 Å². The molecule has 7 nitrogen and oxygen atoms in total. The molecule has 0 aliphatic rings. The maximum atomic E-state index is 13.9. The predicted molar refractivity (Wildman–Crippen MR) is 116 cm³/mol. The highest BCUT2D eigenvalue weighted by Crippen LogP contribution is 2.36. The van der Waals surface area contributed by atoms with Crippen LogP contribution in [-0.4, -0.2) is 46.2 Å². The third-order valence-electron chi connectivity index (χ3n) is 4.87. The lowest BCUT2D eigenvalue weighted by Gasteiger charge is -2.21. The van der Waals surface area contributed by atoms with Gasteiger partial charge in [0.15, 0.2) is 11.6 Å². The van der Waals surface area contributed by atoms with Crippen LogP contribution in [0.25, 0.3) is 11.3 Å². The molecule has 180 valence electrons. The van der Waals surface area contributed by atoms with Gasteiger partial charge in [-0.15, -0.1) is 0 Å². The topological polar surface area (TPSA) is 88.7 Å². The largest absolute Gasteiger partial charge is 0.488 e. The fourth-order valence-corrected chi connectivity index (χ4v) is 3.33. The number of halogens is 4. The predicted octanol–water partition coefficient (Wildman–Crippen LogP) is 4.69. The molecule has 1 heterocycles. The molecule has 0 saturated heterocycles. The van der Waals surface area contributed by atoms with Crippen molar-refractivity contribution in [2.75, 3.05) is 20.2 Å². The van der Waals surface area contributed by atoms with Gasteiger partial charge in [-0.25, -0.2) is 4.39 Å². The smallest absolute Gasteiger partial charge is 0.417 e. The van der Waals surface area contributed by atoms with E-state index in [9.17, 15) is 32.8 Å². The fourth-order valence-electron chi connectivity index (χ4n) is 3.33. The van der Waals surface area contributed by atoms with Crippen LogP contribution in [0.3, 0.4) is 0 Å². The Morgan fingerprint density at radius 3 is 2.53 bits per heavy atom. The number of aliphatic hydroxyl groups excluding tert-OH is 1.